The highest BCUT2D eigenvalue weighted by Gasteiger charge is 2.17. The third-order valence-corrected chi connectivity index (χ3v) is 1.71. The van der Waals surface area contributed by atoms with Gasteiger partial charge in [-0.3, -0.25) is 9.59 Å². The van der Waals surface area contributed by atoms with Crippen LogP contribution in [-0.2, 0) is 9.59 Å². The summed E-state index contributed by atoms with van der Waals surface area (Å²) in [6.07, 6.45) is 4.54. The molecule has 0 N–H and O–H groups in total. The van der Waals surface area contributed by atoms with Gasteiger partial charge in [-0.25, -0.2) is 0 Å². The van der Waals surface area contributed by atoms with Gasteiger partial charge in [-0.2, -0.15) is 0 Å². The number of carbonyl (C=O) groups excluding carboxylic acids is 2. The summed E-state index contributed by atoms with van der Waals surface area (Å²) in [6, 6.07) is 0. The average molecular weight is 125 g/mol. The number of rotatable bonds is 1. The maximum absolute atomic E-state index is 10.6. The van der Waals surface area contributed by atoms with E-state index in [0.29, 0.717) is 18.6 Å². The van der Waals surface area contributed by atoms with E-state index in [4.69, 9.17) is 0 Å². The van der Waals surface area contributed by atoms with Crippen molar-refractivity contribution >= 4 is 12.1 Å². The van der Waals surface area contributed by atoms with Crippen molar-refractivity contribution in [3.8, 4) is 0 Å². The number of ketones is 1. The molecule has 1 rings (SSSR count). The van der Waals surface area contributed by atoms with E-state index in [1.807, 2.05) is 6.29 Å². The van der Waals surface area contributed by atoms with Crippen LogP contribution in [0.1, 0.15) is 25.7 Å². The maximum Gasteiger partial charge on any atom is 0.201 e. The molecule has 1 fully saturated rings. The molecule has 2 nitrogen and oxygen atoms in total. The van der Waals surface area contributed by atoms with Gasteiger partial charge in [0.05, 0.1) is 0 Å². The Bertz CT molecular complexity index is 119. The fourth-order valence-corrected chi connectivity index (χ4v) is 1.06. The molecule has 2 heteroatoms. The Morgan fingerprint density at radius 1 is 1.33 bits per heavy atom. The fraction of sp³-hybridized carbons (Fsp3) is 0.714. The van der Waals surface area contributed by atoms with Crippen LogP contribution >= 0.6 is 0 Å². The van der Waals surface area contributed by atoms with Crippen LogP contribution in [0.3, 0.4) is 0 Å². The number of Topliss-reactive ketones (excluding diaryl/α,β-unsaturated/α-hetero) is 1. The van der Waals surface area contributed by atoms with Gasteiger partial charge in [-0.05, 0) is 12.8 Å². The van der Waals surface area contributed by atoms with Crippen molar-refractivity contribution in [1.82, 2.24) is 0 Å². The molecule has 0 aromatic rings. The molecule has 1 radical (unpaired) electrons. The average Bonchev–Trinajstić information content (AvgIpc) is 1.90. The molecule has 0 aromatic heterocycles. The Hall–Kier alpha value is -0.660. The molecule has 0 atom stereocenters. The largest absolute Gasteiger partial charge is 0.300 e. The van der Waals surface area contributed by atoms with Crippen molar-refractivity contribution < 1.29 is 9.59 Å². The molecule has 0 bridgehead atoms. The van der Waals surface area contributed by atoms with E-state index in [1.54, 1.807) is 0 Å². The van der Waals surface area contributed by atoms with Crippen molar-refractivity contribution in [2.24, 2.45) is 5.92 Å². The van der Waals surface area contributed by atoms with Gasteiger partial charge in [0, 0.05) is 18.8 Å². The first-order valence-electron chi connectivity index (χ1n) is 3.22. The number of carbonyl (C=O) groups is 1. The quantitative estimate of drug-likeness (QED) is 0.520. The Balaban J connectivity index is 2.34. The van der Waals surface area contributed by atoms with E-state index in [1.165, 1.54) is 0 Å². The molecular formula is C7H9O2. The monoisotopic (exact) mass is 125 g/mol. The van der Waals surface area contributed by atoms with Gasteiger partial charge in [0.15, 0.2) is 0 Å². The Morgan fingerprint density at radius 3 is 2.33 bits per heavy atom. The second kappa shape index (κ2) is 2.76. The van der Waals surface area contributed by atoms with Gasteiger partial charge >= 0.3 is 0 Å². The van der Waals surface area contributed by atoms with Gasteiger partial charge in [0.1, 0.15) is 5.78 Å². The van der Waals surface area contributed by atoms with Crippen molar-refractivity contribution in [2.45, 2.75) is 25.7 Å². The molecule has 0 spiro atoms. The van der Waals surface area contributed by atoms with E-state index >= 15 is 0 Å². The molecule has 9 heavy (non-hydrogen) atoms. The summed E-state index contributed by atoms with van der Waals surface area (Å²) in [6.45, 7) is 0. The lowest BCUT2D eigenvalue weighted by Crippen LogP contribution is -2.14. The van der Waals surface area contributed by atoms with Gasteiger partial charge in [0.25, 0.3) is 0 Å². The number of hydrogen-bond donors (Lipinski definition) is 0. The minimum absolute atomic E-state index is 0.0442. The zero-order valence-corrected chi connectivity index (χ0v) is 5.22. The molecule has 0 unspecified atom stereocenters. The molecule has 0 saturated heterocycles. The van der Waals surface area contributed by atoms with Crippen LogP contribution in [0.4, 0.5) is 0 Å². The predicted octanol–water partition coefficient (Wildman–Crippen LogP) is 0.855. The molecular weight excluding hydrogens is 116 g/mol. The highest BCUT2D eigenvalue weighted by atomic mass is 16.1. The molecule has 1 saturated carbocycles. The summed E-state index contributed by atoms with van der Waals surface area (Å²) in [5.74, 6) is 0.337. The highest BCUT2D eigenvalue weighted by Crippen LogP contribution is 2.18. The van der Waals surface area contributed by atoms with Gasteiger partial charge in [-0.15, -0.1) is 0 Å². The summed E-state index contributed by atoms with van der Waals surface area (Å²) in [5.41, 5.74) is 0. The molecule has 49 valence electrons. The normalized spacial score (nSPS) is 22.0. The molecule has 0 heterocycles. The predicted molar refractivity (Wildman–Crippen MR) is 32.7 cm³/mol. The van der Waals surface area contributed by atoms with Crippen LogP contribution in [0.25, 0.3) is 0 Å². The smallest absolute Gasteiger partial charge is 0.201 e. The summed E-state index contributed by atoms with van der Waals surface area (Å²) in [4.78, 5) is 20.6. The van der Waals surface area contributed by atoms with E-state index in [-0.39, 0.29) is 5.92 Å². The third-order valence-electron chi connectivity index (χ3n) is 1.71. The first-order valence-corrected chi connectivity index (χ1v) is 3.22. The summed E-state index contributed by atoms with van der Waals surface area (Å²) in [5, 5.41) is 0. The van der Waals surface area contributed by atoms with Crippen molar-refractivity contribution in [2.75, 3.05) is 0 Å². The van der Waals surface area contributed by atoms with Crippen molar-refractivity contribution in [1.29, 1.82) is 0 Å². The maximum atomic E-state index is 10.6. The lowest BCUT2D eigenvalue weighted by Gasteiger charge is -2.12. The Kier molecular flexibility index (Phi) is 1.98. The van der Waals surface area contributed by atoms with Crippen molar-refractivity contribution in [3.05, 3.63) is 0 Å². The van der Waals surface area contributed by atoms with Crippen LogP contribution in [-0.4, -0.2) is 12.1 Å². The van der Waals surface area contributed by atoms with Gasteiger partial charge in [-0.1, -0.05) is 0 Å². The first kappa shape index (κ1) is 6.46. The third kappa shape index (κ3) is 1.63. The zero-order chi connectivity index (χ0) is 6.69. The Morgan fingerprint density at radius 2 is 1.89 bits per heavy atom. The molecule has 0 amide bonds. The summed E-state index contributed by atoms with van der Waals surface area (Å²) >= 11 is 0. The molecule has 0 aliphatic heterocycles. The van der Waals surface area contributed by atoms with Crippen LogP contribution in [0, 0.1) is 5.92 Å². The number of hydrogen-bond acceptors (Lipinski definition) is 2. The second-order valence-electron chi connectivity index (χ2n) is 2.43. The second-order valence-corrected chi connectivity index (χ2v) is 2.43. The zero-order valence-electron chi connectivity index (χ0n) is 5.22. The van der Waals surface area contributed by atoms with Gasteiger partial charge < -0.3 is 0 Å². The topological polar surface area (TPSA) is 34.1 Å². The first-order chi connectivity index (χ1) is 4.33. The van der Waals surface area contributed by atoms with Crippen molar-refractivity contribution in [3.63, 3.8) is 0 Å². The van der Waals surface area contributed by atoms with E-state index in [2.05, 4.69) is 0 Å². The van der Waals surface area contributed by atoms with E-state index < -0.39 is 0 Å². The van der Waals surface area contributed by atoms with E-state index in [9.17, 15) is 9.59 Å². The minimum atomic E-state index is 0.0442. The SMILES string of the molecule is O=[C]C1CCC(=O)CC1. The molecule has 1 aliphatic rings. The van der Waals surface area contributed by atoms with Gasteiger partial charge in [0.2, 0.25) is 6.29 Å². The van der Waals surface area contributed by atoms with Crippen LogP contribution in [0.5, 0.6) is 0 Å². The Labute approximate surface area is 54.2 Å². The highest BCUT2D eigenvalue weighted by molar-refractivity contribution is 5.80. The minimum Gasteiger partial charge on any atom is -0.300 e. The summed E-state index contributed by atoms with van der Waals surface area (Å²) < 4.78 is 0. The van der Waals surface area contributed by atoms with Crippen LogP contribution in [0.15, 0.2) is 0 Å². The standard InChI is InChI=1S/C7H9O2/c8-5-6-1-3-7(9)4-2-6/h6H,1-4H2. The lowest BCUT2D eigenvalue weighted by atomic mass is 9.90. The van der Waals surface area contributed by atoms with E-state index in [0.717, 1.165) is 12.8 Å². The molecule has 1 aliphatic carbocycles. The summed E-state index contributed by atoms with van der Waals surface area (Å²) in [7, 11) is 0. The molecule has 0 aromatic carbocycles. The van der Waals surface area contributed by atoms with Crippen LogP contribution < -0.4 is 0 Å². The lowest BCUT2D eigenvalue weighted by molar-refractivity contribution is -0.120. The fourth-order valence-electron chi connectivity index (χ4n) is 1.06. The van der Waals surface area contributed by atoms with Crippen LogP contribution in [0.2, 0.25) is 0 Å².